The number of hydrogen-bond donors (Lipinski definition) is 0. The molecular formula is C17H14O. The van der Waals surface area contributed by atoms with Gasteiger partial charge >= 0.3 is 0 Å². The minimum absolute atomic E-state index is 0.871. The monoisotopic (exact) mass is 234 g/mol. The van der Waals surface area contributed by atoms with E-state index in [1.54, 1.807) is 0 Å². The largest absolute Gasteiger partial charge is 0.457 e. The number of fused-ring (bicyclic) bond motifs is 1. The third-order valence-electron chi connectivity index (χ3n) is 3.12. The summed E-state index contributed by atoms with van der Waals surface area (Å²) in [5.74, 6) is 1.79. The van der Waals surface area contributed by atoms with Gasteiger partial charge < -0.3 is 4.74 Å². The number of hydrogen-bond acceptors (Lipinski definition) is 1. The maximum atomic E-state index is 5.92. The molecule has 3 aromatic rings. The first-order chi connectivity index (χ1) is 8.84. The van der Waals surface area contributed by atoms with Gasteiger partial charge in [0.15, 0.2) is 0 Å². The van der Waals surface area contributed by atoms with Gasteiger partial charge in [-0.1, -0.05) is 48.5 Å². The van der Waals surface area contributed by atoms with Crippen molar-refractivity contribution in [3.05, 3.63) is 72.3 Å². The van der Waals surface area contributed by atoms with Crippen LogP contribution < -0.4 is 4.74 Å². The molecule has 0 N–H and O–H groups in total. The molecule has 1 nitrogen and oxygen atoms in total. The van der Waals surface area contributed by atoms with Gasteiger partial charge in [0.25, 0.3) is 0 Å². The smallest absolute Gasteiger partial charge is 0.130 e. The molecule has 0 saturated carbocycles. The molecule has 0 saturated heterocycles. The zero-order chi connectivity index (χ0) is 12.4. The minimum atomic E-state index is 0.871. The van der Waals surface area contributed by atoms with Crippen LogP contribution in [-0.2, 0) is 0 Å². The standard InChI is InChI=1S/C17H14O/c1-13-16-10-6-5-7-14(16)11-12-17(13)18-15-8-3-2-4-9-15/h2-12H,1H3. The van der Waals surface area contributed by atoms with Crippen molar-refractivity contribution >= 4 is 10.8 Å². The van der Waals surface area contributed by atoms with Gasteiger partial charge in [-0.2, -0.15) is 0 Å². The molecule has 0 fully saturated rings. The first-order valence-corrected chi connectivity index (χ1v) is 6.06. The fourth-order valence-electron chi connectivity index (χ4n) is 2.13. The van der Waals surface area contributed by atoms with E-state index >= 15 is 0 Å². The zero-order valence-electron chi connectivity index (χ0n) is 10.3. The summed E-state index contributed by atoms with van der Waals surface area (Å²) in [4.78, 5) is 0. The summed E-state index contributed by atoms with van der Waals surface area (Å²) < 4.78 is 5.92. The molecular weight excluding hydrogens is 220 g/mol. The molecule has 0 unspecified atom stereocenters. The van der Waals surface area contributed by atoms with Crippen LogP contribution in [0.25, 0.3) is 10.8 Å². The topological polar surface area (TPSA) is 9.23 Å². The molecule has 3 aromatic carbocycles. The van der Waals surface area contributed by atoms with E-state index in [1.807, 2.05) is 36.4 Å². The lowest BCUT2D eigenvalue weighted by molar-refractivity contribution is 0.480. The summed E-state index contributed by atoms with van der Waals surface area (Å²) in [6, 6.07) is 22.4. The van der Waals surface area contributed by atoms with Gasteiger partial charge in [0.05, 0.1) is 0 Å². The van der Waals surface area contributed by atoms with Gasteiger partial charge in [-0.3, -0.25) is 0 Å². The van der Waals surface area contributed by atoms with Gasteiger partial charge in [0.1, 0.15) is 11.5 Å². The van der Waals surface area contributed by atoms with Crippen LogP contribution in [0.3, 0.4) is 0 Å². The Morgan fingerprint density at radius 3 is 2.28 bits per heavy atom. The lowest BCUT2D eigenvalue weighted by Gasteiger charge is -2.10. The molecule has 3 rings (SSSR count). The van der Waals surface area contributed by atoms with Crippen LogP contribution in [0.2, 0.25) is 0 Å². The summed E-state index contributed by atoms with van der Waals surface area (Å²) in [6.45, 7) is 2.10. The molecule has 0 bridgehead atoms. The SMILES string of the molecule is Cc1c(Oc2ccccc2)ccc2ccccc12. The first-order valence-electron chi connectivity index (χ1n) is 6.06. The molecule has 0 radical (unpaired) electrons. The van der Waals surface area contributed by atoms with Crippen molar-refractivity contribution in [1.82, 2.24) is 0 Å². The van der Waals surface area contributed by atoms with Crippen molar-refractivity contribution in [1.29, 1.82) is 0 Å². The Bertz CT molecular complexity index is 672. The van der Waals surface area contributed by atoms with Crippen molar-refractivity contribution in [2.45, 2.75) is 6.92 Å². The molecule has 0 spiro atoms. The highest BCUT2D eigenvalue weighted by molar-refractivity contribution is 5.87. The van der Waals surface area contributed by atoms with Crippen molar-refractivity contribution in [3.63, 3.8) is 0 Å². The van der Waals surface area contributed by atoms with E-state index in [4.69, 9.17) is 4.74 Å². The normalized spacial score (nSPS) is 10.5. The Morgan fingerprint density at radius 2 is 1.44 bits per heavy atom. The molecule has 0 aromatic heterocycles. The van der Waals surface area contributed by atoms with Crippen molar-refractivity contribution in [3.8, 4) is 11.5 Å². The van der Waals surface area contributed by atoms with Crippen molar-refractivity contribution in [2.24, 2.45) is 0 Å². The van der Waals surface area contributed by atoms with Crippen LogP contribution in [0.5, 0.6) is 11.5 Å². The lowest BCUT2D eigenvalue weighted by Crippen LogP contribution is -1.88. The molecule has 0 aliphatic heterocycles. The minimum Gasteiger partial charge on any atom is -0.457 e. The van der Waals surface area contributed by atoms with E-state index in [0.29, 0.717) is 0 Å². The average molecular weight is 234 g/mol. The van der Waals surface area contributed by atoms with Gasteiger partial charge in [0.2, 0.25) is 0 Å². The lowest BCUT2D eigenvalue weighted by atomic mass is 10.0. The quantitative estimate of drug-likeness (QED) is 0.610. The average Bonchev–Trinajstić information content (AvgIpc) is 2.43. The van der Waals surface area contributed by atoms with E-state index in [9.17, 15) is 0 Å². The van der Waals surface area contributed by atoms with E-state index in [-0.39, 0.29) is 0 Å². The highest BCUT2D eigenvalue weighted by Crippen LogP contribution is 2.30. The van der Waals surface area contributed by atoms with Gasteiger partial charge in [0, 0.05) is 0 Å². The highest BCUT2D eigenvalue weighted by atomic mass is 16.5. The summed E-state index contributed by atoms with van der Waals surface area (Å²) in [6.07, 6.45) is 0. The molecule has 0 heterocycles. The molecule has 0 aliphatic carbocycles. The van der Waals surface area contributed by atoms with Crippen LogP contribution in [0.1, 0.15) is 5.56 Å². The van der Waals surface area contributed by atoms with E-state index in [2.05, 4.69) is 37.3 Å². The number of benzene rings is 3. The van der Waals surface area contributed by atoms with E-state index in [1.165, 1.54) is 16.3 Å². The fraction of sp³-hybridized carbons (Fsp3) is 0.0588. The zero-order valence-corrected chi connectivity index (χ0v) is 10.3. The Kier molecular flexibility index (Phi) is 2.73. The summed E-state index contributed by atoms with van der Waals surface area (Å²) in [5.41, 5.74) is 1.18. The Hall–Kier alpha value is -2.28. The van der Waals surface area contributed by atoms with Gasteiger partial charge in [-0.05, 0) is 41.5 Å². The molecule has 0 aliphatic rings. The maximum Gasteiger partial charge on any atom is 0.130 e. The number of para-hydroxylation sites is 1. The molecule has 0 atom stereocenters. The third-order valence-corrected chi connectivity index (χ3v) is 3.12. The maximum absolute atomic E-state index is 5.92. The van der Waals surface area contributed by atoms with E-state index in [0.717, 1.165) is 11.5 Å². The fourth-order valence-corrected chi connectivity index (χ4v) is 2.13. The van der Waals surface area contributed by atoms with E-state index < -0.39 is 0 Å². The predicted molar refractivity (Wildman–Crippen MR) is 75.2 cm³/mol. The summed E-state index contributed by atoms with van der Waals surface area (Å²) in [5, 5.41) is 2.49. The summed E-state index contributed by atoms with van der Waals surface area (Å²) in [7, 11) is 0. The second-order valence-corrected chi connectivity index (χ2v) is 4.32. The summed E-state index contributed by atoms with van der Waals surface area (Å²) >= 11 is 0. The third kappa shape index (κ3) is 1.95. The molecule has 88 valence electrons. The molecule has 1 heteroatoms. The number of rotatable bonds is 2. The number of ether oxygens (including phenoxy) is 1. The molecule has 0 amide bonds. The van der Waals surface area contributed by atoms with Crippen LogP contribution in [0.15, 0.2) is 66.7 Å². The first kappa shape index (κ1) is 10.8. The van der Waals surface area contributed by atoms with Gasteiger partial charge in [-0.15, -0.1) is 0 Å². The van der Waals surface area contributed by atoms with Crippen molar-refractivity contribution < 1.29 is 4.74 Å². The Labute approximate surface area is 107 Å². The van der Waals surface area contributed by atoms with Crippen molar-refractivity contribution in [2.75, 3.05) is 0 Å². The highest BCUT2D eigenvalue weighted by Gasteiger charge is 2.04. The Balaban J connectivity index is 2.05. The number of aryl methyl sites for hydroxylation is 1. The Morgan fingerprint density at radius 1 is 0.722 bits per heavy atom. The molecule has 18 heavy (non-hydrogen) atoms. The van der Waals surface area contributed by atoms with Crippen LogP contribution >= 0.6 is 0 Å². The van der Waals surface area contributed by atoms with Gasteiger partial charge in [-0.25, -0.2) is 0 Å². The second-order valence-electron chi connectivity index (χ2n) is 4.32. The van der Waals surface area contributed by atoms with Crippen LogP contribution in [-0.4, -0.2) is 0 Å². The van der Waals surface area contributed by atoms with Crippen LogP contribution in [0.4, 0.5) is 0 Å². The van der Waals surface area contributed by atoms with Crippen LogP contribution in [0, 0.1) is 6.92 Å². The second kappa shape index (κ2) is 4.53. The predicted octanol–water partition coefficient (Wildman–Crippen LogP) is 4.94.